The standard InChI is InChI=1S/C18H24N4O2/c23-18-8-4-7-16(18)17-13-24-10-9-21(17)12-14-11-19-22(20-14)15-5-2-1-3-6-15/h1-3,5-6,11,16-18,23H,4,7-10,12-13H2/t16-,17-,18+/m0/s1. The van der Waals surface area contributed by atoms with Crippen molar-refractivity contribution in [2.75, 3.05) is 19.8 Å². The number of rotatable bonds is 4. The summed E-state index contributed by atoms with van der Waals surface area (Å²) < 4.78 is 5.69. The van der Waals surface area contributed by atoms with Gasteiger partial charge in [0.15, 0.2) is 0 Å². The van der Waals surface area contributed by atoms with Gasteiger partial charge in [-0.15, -0.1) is 0 Å². The number of ether oxygens (including phenoxy) is 1. The Labute approximate surface area is 142 Å². The Morgan fingerprint density at radius 1 is 1.21 bits per heavy atom. The monoisotopic (exact) mass is 328 g/mol. The summed E-state index contributed by atoms with van der Waals surface area (Å²) in [6.45, 7) is 3.08. The highest BCUT2D eigenvalue weighted by Crippen LogP contribution is 2.32. The molecule has 1 saturated heterocycles. The van der Waals surface area contributed by atoms with Crippen molar-refractivity contribution >= 4 is 0 Å². The first kappa shape index (κ1) is 15.7. The minimum Gasteiger partial charge on any atom is -0.393 e. The van der Waals surface area contributed by atoms with Crippen molar-refractivity contribution in [3.05, 3.63) is 42.2 Å². The van der Waals surface area contributed by atoms with Gasteiger partial charge in [0.1, 0.15) is 0 Å². The van der Waals surface area contributed by atoms with Crippen LogP contribution in [0.25, 0.3) is 5.69 Å². The third-order valence-corrected chi connectivity index (χ3v) is 5.20. The second-order valence-electron chi connectivity index (χ2n) is 6.74. The number of hydrogen-bond donors (Lipinski definition) is 1. The third-order valence-electron chi connectivity index (χ3n) is 5.20. The van der Waals surface area contributed by atoms with E-state index in [9.17, 15) is 5.11 Å². The summed E-state index contributed by atoms with van der Waals surface area (Å²) in [5.41, 5.74) is 1.92. The highest BCUT2D eigenvalue weighted by Gasteiger charge is 2.37. The molecule has 0 bridgehead atoms. The summed E-state index contributed by atoms with van der Waals surface area (Å²) in [6, 6.07) is 10.2. The largest absolute Gasteiger partial charge is 0.393 e. The topological polar surface area (TPSA) is 63.4 Å². The fourth-order valence-corrected chi connectivity index (χ4v) is 3.93. The van der Waals surface area contributed by atoms with Crippen LogP contribution >= 0.6 is 0 Å². The summed E-state index contributed by atoms with van der Waals surface area (Å²) in [5.74, 6) is 0.314. The quantitative estimate of drug-likeness (QED) is 0.924. The van der Waals surface area contributed by atoms with Crippen LogP contribution in [-0.2, 0) is 11.3 Å². The lowest BCUT2D eigenvalue weighted by atomic mass is 9.94. The Hall–Kier alpha value is -1.76. The molecule has 0 amide bonds. The Kier molecular flexibility index (Phi) is 4.60. The fourth-order valence-electron chi connectivity index (χ4n) is 3.93. The zero-order valence-electron chi connectivity index (χ0n) is 13.8. The smallest absolute Gasteiger partial charge is 0.0971 e. The third kappa shape index (κ3) is 3.22. The minimum absolute atomic E-state index is 0.195. The molecule has 0 unspecified atom stereocenters. The van der Waals surface area contributed by atoms with E-state index in [1.165, 1.54) is 0 Å². The molecule has 1 aliphatic heterocycles. The lowest BCUT2D eigenvalue weighted by Gasteiger charge is -2.39. The molecule has 128 valence electrons. The van der Waals surface area contributed by atoms with Crippen LogP contribution in [0.2, 0.25) is 0 Å². The molecular formula is C18H24N4O2. The summed E-state index contributed by atoms with van der Waals surface area (Å²) in [6.07, 6.45) is 4.76. The highest BCUT2D eigenvalue weighted by molar-refractivity contribution is 5.28. The van der Waals surface area contributed by atoms with Crippen molar-refractivity contribution in [3.63, 3.8) is 0 Å². The van der Waals surface area contributed by atoms with Gasteiger partial charge in [-0.25, -0.2) is 0 Å². The molecule has 1 aliphatic carbocycles. The van der Waals surface area contributed by atoms with Crippen molar-refractivity contribution in [2.24, 2.45) is 5.92 Å². The molecule has 3 atom stereocenters. The Balaban J connectivity index is 1.48. The molecule has 24 heavy (non-hydrogen) atoms. The van der Waals surface area contributed by atoms with Gasteiger partial charge < -0.3 is 9.84 Å². The molecule has 1 saturated carbocycles. The van der Waals surface area contributed by atoms with Crippen LogP contribution in [0.4, 0.5) is 0 Å². The van der Waals surface area contributed by atoms with Gasteiger partial charge in [0.2, 0.25) is 0 Å². The molecule has 6 nitrogen and oxygen atoms in total. The van der Waals surface area contributed by atoms with Gasteiger partial charge in [0.05, 0.1) is 36.9 Å². The SMILES string of the molecule is O[C@@H]1CCC[C@H]1[C@@H]1COCCN1Cc1cnn(-c2ccccc2)n1. The lowest BCUT2D eigenvalue weighted by molar-refractivity contribution is -0.0541. The number of hydrogen-bond acceptors (Lipinski definition) is 5. The molecule has 2 aromatic rings. The van der Waals surface area contributed by atoms with Crippen LogP contribution < -0.4 is 0 Å². The number of aromatic nitrogens is 3. The molecule has 1 N–H and O–H groups in total. The molecule has 0 spiro atoms. The van der Waals surface area contributed by atoms with Crippen LogP contribution in [0.3, 0.4) is 0 Å². The van der Waals surface area contributed by atoms with Crippen molar-refractivity contribution in [2.45, 2.75) is 38.0 Å². The van der Waals surface area contributed by atoms with Gasteiger partial charge in [-0.2, -0.15) is 15.0 Å². The summed E-state index contributed by atoms with van der Waals surface area (Å²) in [4.78, 5) is 4.08. The fraction of sp³-hybridized carbons (Fsp3) is 0.556. The second kappa shape index (κ2) is 7.01. The van der Waals surface area contributed by atoms with Gasteiger partial charge in [0, 0.05) is 25.0 Å². The zero-order valence-corrected chi connectivity index (χ0v) is 13.8. The number of morpholine rings is 1. The first-order valence-corrected chi connectivity index (χ1v) is 8.78. The zero-order chi connectivity index (χ0) is 16.4. The van der Waals surface area contributed by atoms with Gasteiger partial charge in [0.25, 0.3) is 0 Å². The van der Waals surface area contributed by atoms with E-state index in [-0.39, 0.29) is 12.1 Å². The van der Waals surface area contributed by atoms with Gasteiger partial charge in [-0.3, -0.25) is 4.90 Å². The maximum absolute atomic E-state index is 10.3. The van der Waals surface area contributed by atoms with E-state index < -0.39 is 0 Å². The summed E-state index contributed by atoms with van der Waals surface area (Å²) in [5, 5.41) is 19.3. The van der Waals surface area contributed by atoms with Crippen LogP contribution in [0.1, 0.15) is 25.0 Å². The number of aliphatic hydroxyl groups excluding tert-OH is 1. The normalized spacial score (nSPS) is 28.3. The minimum atomic E-state index is -0.195. The molecule has 4 rings (SSSR count). The van der Waals surface area contributed by atoms with Gasteiger partial charge >= 0.3 is 0 Å². The number of nitrogens with zero attached hydrogens (tertiary/aromatic N) is 4. The average Bonchev–Trinajstić information content (AvgIpc) is 3.25. The molecule has 2 aliphatic rings. The maximum Gasteiger partial charge on any atom is 0.0971 e. The molecule has 2 heterocycles. The average molecular weight is 328 g/mol. The predicted molar refractivity (Wildman–Crippen MR) is 89.7 cm³/mol. The second-order valence-corrected chi connectivity index (χ2v) is 6.74. The first-order valence-electron chi connectivity index (χ1n) is 8.78. The highest BCUT2D eigenvalue weighted by atomic mass is 16.5. The van der Waals surface area contributed by atoms with E-state index in [0.717, 1.165) is 50.3 Å². The predicted octanol–water partition coefficient (Wildman–Crippen LogP) is 1.63. The number of benzene rings is 1. The number of para-hydroxylation sites is 1. The molecule has 2 fully saturated rings. The van der Waals surface area contributed by atoms with E-state index >= 15 is 0 Å². The van der Waals surface area contributed by atoms with Crippen LogP contribution in [0, 0.1) is 5.92 Å². The molecule has 0 radical (unpaired) electrons. The number of aliphatic hydroxyl groups is 1. The Morgan fingerprint density at radius 2 is 2.08 bits per heavy atom. The van der Waals surface area contributed by atoms with Gasteiger partial charge in [-0.05, 0) is 25.0 Å². The molecule has 1 aromatic carbocycles. The maximum atomic E-state index is 10.3. The Bertz CT molecular complexity index is 660. The molecule has 6 heteroatoms. The van der Waals surface area contributed by atoms with Crippen LogP contribution in [0.15, 0.2) is 36.5 Å². The van der Waals surface area contributed by atoms with Crippen molar-refractivity contribution in [1.29, 1.82) is 0 Å². The van der Waals surface area contributed by atoms with E-state index in [0.29, 0.717) is 12.5 Å². The van der Waals surface area contributed by atoms with Crippen LogP contribution in [0.5, 0.6) is 0 Å². The lowest BCUT2D eigenvalue weighted by Crippen LogP contribution is -2.50. The summed E-state index contributed by atoms with van der Waals surface area (Å²) >= 11 is 0. The van der Waals surface area contributed by atoms with Crippen molar-refractivity contribution in [1.82, 2.24) is 19.9 Å². The van der Waals surface area contributed by atoms with E-state index in [1.807, 2.05) is 36.5 Å². The van der Waals surface area contributed by atoms with E-state index in [2.05, 4.69) is 15.1 Å². The van der Waals surface area contributed by atoms with E-state index in [1.54, 1.807) is 4.80 Å². The Morgan fingerprint density at radius 3 is 2.88 bits per heavy atom. The van der Waals surface area contributed by atoms with Crippen molar-refractivity contribution < 1.29 is 9.84 Å². The summed E-state index contributed by atoms with van der Waals surface area (Å²) in [7, 11) is 0. The molecule has 1 aromatic heterocycles. The molecular weight excluding hydrogens is 304 g/mol. The van der Waals surface area contributed by atoms with E-state index in [4.69, 9.17) is 4.74 Å². The van der Waals surface area contributed by atoms with Gasteiger partial charge in [-0.1, -0.05) is 24.6 Å². The van der Waals surface area contributed by atoms with Crippen LogP contribution in [-0.4, -0.2) is 56.9 Å². The van der Waals surface area contributed by atoms with Crippen molar-refractivity contribution in [3.8, 4) is 5.69 Å². The first-order chi connectivity index (χ1) is 11.8.